The lowest BCUT2D eigenvalue weighted by Crippen LogP contribution is -2.04. The molecule has 1 nitrogen and oxygen atoms in total. The van der Waals surface area contributed by atoms with Crippen molar-refractivity contribution < 1.29 is 9.50 Å². The second-order valence-electron chi connectivity index (χ2n) is 4.64. The van der Waals surface area contributed by atoms with Crippen LogP contribution in [0.4, 0.5) is 4.39 Å². The third kappa shape index (κ3) is 2.93. The van der Waals surface area contributed by atoms with Crippen molar-refractivity contribution in [1.29, 1.82) is 0 Å². The largest absolute Gasteiger partial charge is 0.384 e. The zero-order valence-corrected chi connectivity index (χ0v) is 14.8. The van der Waals surface area contributed by atoms with Gasteiger partial charge in [0.2, 0.25) is 0 Å². The smallest absolute Gasteiger partial charge is 0.149 e. The molecule has 1 atom stereocenters. The molecule has 20 heavy (non-hydrogen) atoms. The number of halogens is 4. The molecule has 0 saturated carbocycles. The maximum atomic E-state index is 14.1. The molecule has 0 heterocycles. The Labute approximate surface area is 139 Å². The molecule has 0 spiro atoms. The Morgan fingerprint density at radius 1 is 1.15 bits per heavy atom. The summed E-state index contributed by atoms with van der Waals surface area (Å²) in [6, 6.07) is 6.82. The van der Waals surface area contributed by atoms with Crippen LogP contribution in [-0.2, 0) is 0 Å². The van der Waals surface area contributed by atoms with Crippen LogP contribution in [0.3, 0.4) is 0 Å². The number of benzene rings is 2. The van der Waals surface area contributed by atoms with Gasteiger partial charge in [0.25, 0.3) is 0 Å². The molecular formula is C15H12Br2ClFO. The van der Waals surface area contributed by atoms with E-state index in [-0.39, 0.29) is 10.6 Å². The van der Waals surface area contributed by atoms with Crippen LogP contribution in [0, 0.1) is 19.7 Å². The van der Waals surface area contributed by atoms with E-state index in [1.54, 1.807) is 6.07 Å². The maximum absolute atomic E-state index is 14.1. The molecule has 1 N–H and O–H groups in total. The van der Waals surface area contributed by atoms with Gasteiger partial charge in [-0.25, -0.2) is 4.39 Å². The molecular weight excluding hydrogens is 410 g/mol. The summed E-state index contributed by atoms with van der Waals surface area (Å²) in [7, 11) is 0. The van der Waals surface area contributed by atoms with Gasteiger partial charge < -0.3 is 5.11 Å². The van der Waals surface area contributed by atoms with Crippen molar-refractivity contribution in [2.24, 2.45) is 0 Å². The van der Waals surface area contributed by atoms with Gasteiger partial charge in [-0.1, -0.05) is 45.7 Å². The fourth-order valence-electron chi connectivity index (χ4n) is 2.07. The monoisotopic (exact) mass is 420 g/mol. The van der Waals surface area contributed by atoms with E-state index >= 15 is 0 Å². The molecule has 0 saturated heterocycles. The molecule has 0 aromatic heterocycles. The van der Waals surface area contributed by atoms with Crippen molar-refractivity contribution in [3.05, 3.63) is 66.3 Å². The summed E-state index contributed by atoms with van der Waals surface area (Å²) in [5, 5.41) is 10.4. The van der Waals surface area contributed by atoms with Crippen molar-refractivity contribution in [1.82, 2.24) is 0 Å². The number of hydrogen-bond acceptors (Lipinski definition) is 1. The van der Waals surface area contributed by atoms with Gasteiger partial charge in [-0.05, 0) is 52.5 Å². The average molecular weight is 423 g/mol. The van der Waals surface area contributed by atoms with E-state index in [9.17, 15) is 9.50 Å². The number of rotatable bonds is 2. The lowest BCUT2D eigenvalue weighted by Gasteiger charge is -2.16. The minimum atomic E-state index is -1.05. The third-order valence-electron chi connectivity index (χ3n) is 3.13. The molecule has 5 heteroatoms. The highest BCUT2D eigenvalue weighted by atomic mass is 79.9. The quantitative estimate of drug-likeness (QED) is 0.616. The number of aliphatic hydroxyl groups is 1. The maximum Gasteiger partial charge on any atom is 0.149 e. The van der Waals surface area contributed by atoms with Crippen LogP contribution in [0.2, 0.25) is 5.02 Å². The predicted molar refractivity (Wildman–Crippen MR) is 86.8 cm³/mol. The molecule has 0 amide bonds. The molecule has 0 bridgehead atoms. The highest BCUT2D eigenvalue weighted by Gasteiger charge is 2.19. The molecule has 0 aliphatic carbocycles. The minimum absolute atomic E-state index is 0.0212. The molecule has 0 fully saturated rings. The first-order valence-corrected chi connectivity index (χ1v) is 7.87. The van der Waals surface area contributed by atoms with E-state index in [4.69, 9.17) is 11.6 Å². The summed E-state index contributed by atoms with van der Waals surface area (Å²) < 4.78 is 15.6. The Balaban J connectivity index is 2.52. The first-order valence-electron chi connectivity index (χ1n) is 5.91. The van der Waals surface area contributed by atoms with Gasteiger partial charge in [0.15, 0.2) is 0 Å². The van der Waals surface area contributed by atoms with Gasteiger partial charge in [-0.2, -0.15) is 0 Å². The molecule has 106 valence electrons. The van der Waals surface area contributed by atoms with E-state index in [2.05, 4.69) is 31.9 Å². The summed E-state index contributed by atoms with van der Waals surface area (Å²) in [5.41, 5.74) is 2.78. The Hall–Kier alpha value is -0.420. The third-order valence-corrected chi connectivity index (χ3v) is 5.64. The van der Waals surface area contributed by atoms with Gasteiger partial charge in [0.1, 0.15) is 11.9 Å². The van der Waals surface area contributed by atoms with Gasteiger partial charge in [-0.3, -0.25) is 0 Å². The number of aliphatic hydroxyl groups excluding tert-OH is 1. The summed E-state index contributed by atoms with van der Waals surface area (Å²) in [6.45, 7) is 3.86. The lowest BCUT2D eigenvalue weighted by molar-refractivity contribution is 0.215. The molecule has 1 unspecified atom stereocenters. The summed E-state index contributed by atoms with van der Waals surface area (Å²) >= 11 is 12.5. The van der Waals surface area contributed by atoms with Crippen LogP contribution in [0.1, 0.15) is 28.4 Å². The summed E-state index contributed by atoms with van der Waals surface area (Å²) in [6.07, 6.45) is -1.05. The van der Waals surface area contributed by atoms with Crippen LogP contribution in [-0.4, -0.2) is 5.11 Å². The van der Waals surface area contributed by atoms with Crippen molar-refractivity contribution >= 4 is 43.5 Å². The van der Waals surface area contributed by atoms with Crippen molar-refractivity contribution in [3.8, 4) is 0 Å². The van der Waals surface area contributed by atoms with Crippen LogP contribution >= 0.6 is 43.5 Å². The zero-order valence-electron chi connectivity index (χ0n) is 10.8. The van der Waals surface area contributed by atoms with Gasteiger partial charge in [-0.15, -0.1) is 0 Å². The van der Waals surface area contributed by atoms with E-state index in [0.717, 1.165) is 15.6 Å². The number of hydrogen-bond donors (Lipinski definition) is 1. The lowest BCUT2D eigenvalue weighted by atomic mass is 9.97. The van der Waals surface area contributed by atoms with E-state index in [1.165, 1.54) is 6.07 Å². The minimum Gasteiger partial charge on any atom is -0.384 e. The predicted octanol–water partition coefficient (Wildman–Crippen LogP) is 5.70. The summed E-state index contributed by atoms with van der Waals surface area (Å²) in [4.78, 5) is 0. The van der Waals surface area contributed by atoms with E-state index in [0.29, 0.717) is 10.0 Å². The Morgan fingerprint density at radius 2 is 1.70 bits per heavy atom. The second kappa shape index (κ2) is 6.14. The molecule has 0 aliphatic rings. The Bertz CT molecular complexity index is 650. The molecule has 0 aliphatic heterocycles. The summed E-state index contributed by atoms with van der Waals surface area (Å²) in [5.74, 6) is -0.605. The Kier molecular flexibility index (Phi) is 4.90. The van der Waals surface area contributed by atoms with Crippen LogP contribution < -0.4 is 0 Å². The standard InChI is InChI=1S/C15H12Br2ClFO/c1-7-5-9(6-8(2)12(7)17)15(20)10-3-4-11(16)13(18)14(10)19/h3-6,15,20H,1-2H3. The van der Waals surface area contributed by atoms with Crippen molar-refractivity contribution in [2.45, 2.75) is 20.0 Å². The first-order chi connectivity index (χ1) is 9.32. The number of aryl methyl sites for hydroxylation is 2. The highest BCUT2D eigenvalue weighted by Crippen LogP contribution is 2.34. The van der Waals surface area contributed by atoms with Crippen LogP contribution in [0.25, 0.3) is 0 Å². The normalized spacial score (nSPS) is 12.6. The van der Waals surface area contributed by atoms with E-state index < -0.39 is 11.9 Å². The van der Waals surface area contributed by atoms with Crippen molar-refractivity contribution in [2.75, 3.05) is 0 Å². The van der Waals surface area contributed by atoms with Gasteiger partial charge in [0, 0.05) is 14.5 Å². The zero-order chi connectivity index (χ0) is 15.0. The van der Waals surface area contributed by atoms with Crippen LogP contribution in [0.5, 0.6) is 0 Å². The Morgan fingerprint density at radius 3 is 2.25 bits per heavy atom. The van der Waals surface area contributed by atoms with Gasteiger partial charge in [0.05, 0.1) is 5.02 Å². The average Bonchev–Trinajstić information content (AvgIpc) is 2.41. The molecule has 2 rings (SSSR count). The SMILES string of the molecule is Cc1cc(C(O)c2ccc(Br)c(Cl)c2F)cc(C)c1Br. The van der Waals surface area contributed by atoms with Crippen molar-refractivity contribution in [3.63, 3.8) is 0 Å². The fourth-order valence-corrected chi connectivity index (χ4v) is 2.78. The molecule has 0 radical (unpaired) electrons. The molecule has 2 aromatic carbocycles. The second-order valence-corrected chi connectivity index (χ2v) is 6.66. The van der Waals surface area contributed by atoms with E-state index in [1.807, 2.05) is 26.0 Å². The highest BCUT2D eigenvalue weighted by molar-refractivity contribution is 9.10. The fraction of sp³-hybridized carbons (Fsp3) is 0.200. The first kappa shape index (κ1) is 16.0. The van der Waals surface area contributed by atoms with Crippen LogP contribution in [0.15, 0.2) is 33.2 Å². The van der Waals surface area contributed by atoms with Gasteiger partial charge >= 0.3 is 0 Å². The molecule has 2 aromatic rings. The topological polar surface area (TPSA) is 20.2 Å².